The minimum Gasteiger partial charge on any atom is -0.324 e. The Balaban J connectivity index is 1.43. The van der Waals surface area contributed by atoms with Crippen molar-refractivity contribution in [1.29, 1.82) is 0 Å². The maximum absolute atomic E-state index is 12.5. The predicted octanol–water partition coefficient (Wildman–Crippen LogP) is 3.58. The van der Waals surface area contributed by atoms with Gasteiger partial charge in [0.2, 0.25) is 11.9 Å². The molecule has 0 saturated carbocycles. The molecule has 7 nitrogen and oxygen atoms in total. The van der Waals surface area contributed by atoms with Crippen LogP contribution in [0, 0.1) is 0 Å². The second-order valence-corrected chi connectivity index (χ2v) is 6.89. The van der Waals surface area contributed by atoms with E-state index in [0.717, 1.165) is 32.1 Å². The van der Waals surface area contributed by atoms with E-state index >= 15 is 0 Å². The summed E-state index contributed by atoms with van der Waals surface area (Å²) >= 11 is 0. The van der Waals surface area contributed by atoms with Crippen LogP contribution in [-0.2, 0) is 11.3 Å². The molecule has 0 atom stereocenters. The molecule has 30 heavy (non-hydrogen) atoms. The lowest BCUT2D eigenvalue weighted by Gasteiger charge is -2.09. The molecule has 3 aromatic carbocycles. The number of hydrogen-bond acceptors (Lipinski definition) is 4. The second kappa shape index (κ2) is 7.29. The molecule has 2 aromatic heterocycles. The van der Waals surface area contributed by atoms with Crippen molar-refractivity contribution in [2.24, 2.45) is 0 Å². The fourth-order valence-corrected chi connectivity index (χ4v) is 3.47. The normalized spacial score (nSPS) is 11.1. The lowest BCUT2D eigenvalue weighted by Crippen LogP contribution is -2.29. The van der Waals surface area contributed by atoms with E-state index in [-0.39, 0.29) is 12.1 Å². The number of anilines is 1. The quantitative estimate of drug-likeness (QED) is 0.486. The Morgan fingerprint density at radius 1 is 0.933 bits per heavy atom. The Kier molecular flexibility index (Phi) is 4.33. The number of carbonyl (C=O) groups is 1. The van der Waals surface area contributed by atoms with Crippen LogP contribution < -0.4 is 10.9 Å². The van der Waals surface area contributed by atoms with Crippen molar-refractivity contribution < 1.29 is 4.79 Å². The van der Waals surface area contributed by atoms with Gasteiger partial charge in [-0.05, 0) is 29.0 Å². The van der Waals surface area contributed by atoms with E-state index in [2.05, 4.69) is 20.4 Å². The van der Waals surface area contributed by atoms with Crippen LogP contribution in [0.2, 0.25) is 0 Å². The maximum Gasteiger partial charge on any atom is 0.267 e. The van der Waals surface area contributed by atoms with Gasteiger partial charge in [0, 0.05) is 11.6 Å². The van der Waals surface area contributed by atoms with Gasteiger partial charge in [-0.15, -0.1) is 0 Å². The summed E-state index contributed by atoms with van der Waals surface area (Å²) < 4.78 is 1.16. The van der Waals surface area contributed by atoms with Crippen LogP contribution in [0.4, 0.5) is 5.95 Å². The average Bonchev–Trinajstić information content (AvgIpc) is 3.17. The van der Waals surface area contributed by atoms with Gasteiger partial charge < -0.3 is 4.98 Å². The van der Waals surface area contributed by atoms with Crippen molar-refractivity contribution in [3.8, 4) is 11.3 Å². The molecule has 146 valence electrons. The molecule has 0 aliphatic rings. The molecule has 1 amide bonds. The van der Waals surface area contributed by atoms with E-state index in [9.17, 15) is 9.59 Å². The van der Waals surface area contributed by atoms with Gasteiger partial charge in [0.1, 0.15) is 6.54 Å². The minimum atomic E-state index is -0.390. The van der Waals surface area contributed by atoms with Crippen LogP contribution in [0.15, 0.2) is 83.7 Å². The third-order valence-electron chi connectivity index (χ3n) is 4.87. The van der Waals surface area contributed by atoms with Crippen molar-refractivity contribution in [3.05, 3.63) is 89.2 Å². The third kappa shape index (κ3) is 3.33. The van der Waals surface area contributed by atoms with Crippen molar-refractivity contribution in [2.75, 3.05) is 5.32 Å². The first-order chi connectivity index (χ1) is 14.7. The monoisotopic (exact) mass is 395 g/mol. The number of hydrogen-bond donors (Lipinski definition) is 2. The number of para-hydroxylation sites is 2. The molecule has 0 unspecified atom stereocenters. The van der Waals surface area contributed by atoms with Crippen molar-refractivity contribution in [2.45, 2.75) is 6.54 Å². The average molecular weight is 395 g/mol. The van der Waals surface area contributed by atoms with Gasteiger partial charge >= 0.3 is 0 Å². The molecule has 7 heteroatoms. The van der Waals surface area contributed by atoms with E-state index in [4.69, 9.17) is 0 Å². The lowest BCUT2D eigenvalue weighted by molar-refractivity contribution is -0.117. The van der Waals surface area contributed by atoms with Crippen LogP contribution in [-0.4, -0.2) is 25.7 Å². The number of imidazole rings is 1. The second-order valence-electron chi connectivity index (χ2n) is 6.89. The molecule has 5 rings (SSSR count). The highest BCUT2D eigenvalue weighted by atomic mass is 16.2. The van der Waals surface area contributed by atoms with E-state index in [0.29, 0.717) is 11.6 Å². The molecule has 0 bridgehead atoms. The molecule has 2 heterocycles. The molecule has 0 fully saturated rings. The summed E-state index contributed by atoms with van der Waals surface area (Å²) in [4.78, 5) is 32.1. The fourth-order valence-electron chi connectivity index (χ4n) is 3.47. The summed E-state index contributed by atoms with van der Waals surface area (Å²) in [6.07, 6.45) is 0. The molecular formula is C23H17N5O2. The van der Waals surface area contributed by atoms with Crippen molar-refractivity contribution in [1.82, 2.24) is 19.7 Å². The summed E-state index contributed by atoms with van der Waals surface area (Å²) in [7, 11) is 0. The summed E-state index contributed by atoms with van der Waals surface area (Å²) in [6, 6.07) is 24.5. The number of aromatic amines is 1. The summed E-state index contributed by atoms with van der Waals surface area (Å²) in [5.41, 5.74) is 2.75. The Bertz CT molecular complexity index is 1410. The van der Waals surface area contributed by atoms with E-state index in [1.165, 1.54) is 6.07 Å². The van der Waals surface area contributed by atoms with Gasteiger partial charge in [-0.25, -0.2) is 9.67 Å². The maximum atomic E-state index is 12.5. The summed E-state index contributed by atoms with van der Waals surface area (Å²) in [5.74, 6) is -0.0572. The largest absolute Gasteiger partial charge is 0.324 e. The van der Waals surface area contributed by atoms with Gasteiger partial charge in [-0.2, -0.15) is 5.10 Å². The Hall–Kier alpha value is -4.26. The summed E-state index contributed by atoms with van der Waals surface area (Å²) in [6.45, 7) is -0.214. The van der Waals surface area contributed by atoms with Crippen molar-refractivity contribution in [3.63, 3.8) is 0 Å². The van der Waals surface area contributed by atoms with Crippen LogP contribution in [0.25, 0.3) is 33.1 Å². The molecule has 0 aliphatic carbocycles. The first-order valence-corrected chi connectivity index (χ1v) is 9.48. The van der Waals surface area contributed by atoms with E-state index < -0.39 is 5.91 Å². The zero-order valence-electron chi connectivity index (χ0n) is 15.9. The summed E-state index contributed by atoms with van der Waals surface area (Å²) in [5, 5.41) is 9.23. The number of nitrogens with zero attached hydrogens (tertiary/aromatic N) is 3. The molecule has 0 radical (unpaired) electrons. The predicted molar refractivity (Wildman–Crippen MR) is 116 cm³/mol. The molecule has 0 spiro atoms. The fraction of sp³-hybridized carbons (Fsp3) is 0.0435. The molecule has 0 aliphatic heterocycles. The van der Waals surface area contributed by atoms with Gasteiger partial charge in [-0.1, -0.05) is 54.6 Å². The highest BCUT2D eigenvalue weighted by Crippen LogP contribution is 2.26. The van der Waals surface area contributed by atoms with Crippen LogP contribution >= 0.6 is 0 Å². The number of benzene rings is 3. The van der Waals surface area contributed by atoms with Crippen LogP contribution in [0.3, 0.4) is 0 Å². The number of H-pyrrole nitrogens is 1. The SMILES string of the molecule is O=C(Cn1nc(-c2cccc3ccccc23)ccc1=O)Nc1nc2ccccc2[nH]1. The molecule has 2 N–H and O–H groups in total. The number of amides is 1. The van der Waals surface area contributed by atoms with Crippen molar-refractivity contribution >= 4 is 33.7 Å². The Morgan fingerprint density at radius 2 is 1.73 bits per heavy atom. The zero-order valence-corrected chi connectivity index (χ0v) is 15.9. The molecule has 5 aromatic rings. The molecule has 0 saturated heterocycles. The highest BCUT2D eigenvalue weighted by molar-refractivity contribution is 5.95. The van der Waals surface area contributed by atoms with Crippen LogP contribution in [0.5, 0.6) is 0 Å². The first kappa shape index (κ1) is 17.8. The topological polar surface area (TPSA) is 92.7 Å². The van der Waals surface area contributed by atoms with Gasteiger partial charge in [0.15, 0.2) is 0 Å². The Morgan fingerprint density at radius 3 is 2.63 bits per heavy atom. The van der Waals surface area contributed by atoms with Gasteiger partial charge in [0.05, 0.1) is 16.7 Å². The number of fused-ring (bicyclic) bond motifs is 2. The minimum absolute atomic E-state index is 0.214. The number of rotatable bonds is 4. The Labute approximate surface area is 171 Å². The lowest BCUT2D eigenvalue weighted by atomic mass is 10.0. The highest BCUT2D eigenvalue weighted by Gasteiger charge is 2.12. The van der Waals surface area contributed by atoms with Gasteiger partial charge in [0.25, 0.3) is 5.56 Å². The van der Waals surface area contributed by atoms with Gasteiger partial charge in [-0.3, -0.25) is 14.9 Å². The number of aromatic nitrogens is 4. The number of nitrogens with one attached hydrogen (secondary N) is 2. The zero-order chi connectivity index (χ0) is 20.5. The van der Waals surface area contributed by atoms with Crippen LogP contribution in [0.1, 0.15) is 0 Å². The van der Waals surface area contributed by atoms with E-state index in [1.807, 2.05) is 66.7 Å². The third-order valence-corrected chi connectivity index (χ3v) is 4.87. The van der Waals surface area contributed by atoms with E-state index in [1.54, 1.807) is 6.07 Å². The molecular weight excluding hydrogens is 378 g/mol. The smallest absolute Gasteiger partial charge is 0.267 e. The first-order valence-electron chi connectivity index (χ1n) is 9.48. The number of carbonyl (C=O) groups excluding carboxylic acids is 1. The standard InChI is InChI=1S/C23H17N5O2/c29-21(26-23-24-19-10-3-4-11-20(19)25-23)14-28-22(30)13-12-18(27-28)17-9-5-7-15-6-1-2-8-16(15)17/h1-13H,14H2,(H2,24,25,26,29).